The first kappa shape index (κ1) is 18.7. The Morgan fingerprint density at radius 2 is 2.15 bits per heavy atom. The molecule has 140 valence electrons. The van der Waals surface area contributed by atoms with E-state index in [0.29, 0.717) is 19.6 Å². The standard InChI is InChI=1S/C18H25N5O2S/c1-11-12(2)26-18(19-11)22-16-9-15(20-13(3)21-16)14-5-7-23(10-14)17(24)6-8-25-4/h9,14H,5-8,10H2,1-4H3,(H,19,20,21,22)/t14-/m0/s1. The van der Waals surface area contributed by atoms with Gasteiger partial charge in [0.25, 0.3) is 0 Å². The van der Waals surface area contributed by atoms with Gasteiger partial charge in [0.1, 0.15) is 11.6 Å². The van der Waals surface area contributed by atoms with Crippen molar-refractivity contribution in [1.82, 2.24) is 19.9 Å². The number of thiazole rings is 1. The summed E-state index contributed by atoms with van der Waals surface area (Å²) < 4.78 is 5.00. The quantitative estimate of drug-likeness (QED) is 0.836. The molecule has 1 atom stereocenters. The molecule has 1 saturated heterocycles. The third-order valence-corrected chi connectivity index (χ3v) is 5.59. The zero-order chi connectivity index (χ0) is 18.7. The summed E-state index contributed by atoms with van der Waals surface area (Å²) in [5.41, 5.74) is 2.01. The van der Waals surface area contributed by atoms with E-state index in [4.69, 9.17) is 4.74 Å². The van der Waals surface area contributed by atoms with Crippen LogP contribution in [0.2, 0.25) is 0 Å². The van der Waals surface area contributed by atoms with Gasteiger partial charge in [0.15, 0.2) is 5.13 Å². The van der Waals surface area contributed by atoms with Gasteiger partial charge in [-0.2, -0.15) is 0 Å². The lowest BCUT2D eigenvalue weighted by Crippen LogP contribution is -2.29. The summed E-state index contributed by atoms with van der Waals surface area (Å²) in [5.74, 6) is 1.86. The zero-order valence-corrected chi connectivity index (χ0v) is 16.5. The van der Waals surface area contributed by atoms with E-state index < -0.39 is 0 Å². The summed E-state index contributed by atoms with van der Waals surface area (Å²) in [4.78, 5) is 28.9. The number of nitrogens with one attached hydrogen (secondary N) is 1. The lowest BCUT2D eigenvalue weighted by Gasteiger charge is -2.16. The number of nitrogens with zero attached hydrogens (tertiary/aromatic N) is 4. The molecule has 0 unspecified atom stereocenters. The van der Waals surface area contributed by atoms with Crippen molar-refractivity contribution < 1.29 is 9.53 Å². The second-order valence-corrected chi connectivity index (χ2v) is 7.78. The second kappa shape index (κ2) is 8.09. The Hall–Kier alpha value is -2.06. The molecular formula is C18H25N5O2S. The van der Waals surface area contributed by atoms with E-state index >= 15 is 0 Å². The monoisotopic (exact) mass is 375 g/mol. The normalized spacial score (nSPS) is 16.9. The number of amides is 1. The Morgan fingerprint density at radius 3 is 2.85 bits per heavy atom. The van der Waals surface area contributed by atoms with Crippen LogP contribution in [0.1, 0.15) is 40.8 Å². The number of carbonyl (C=O) groups is 1. The van der Waals surface area contributed by atoms with Crippen LogP contribution in [0, 0.1) is 20.8 Å². The summed E-state index contributed by atoms with van der Waals surface area (Å²) in [6, 6.07) is 1.98. The van der Waals surface area contributed by atoms with Crippen molar-refractivity contribution in [2.24, 2.45) is 0 Å². The van der Waals surface area contributed by atoms with Gasteiger partial charge in [0.2, 0.25) is 5.91 Å². The van der Waals surface area contributed by atoms with E-state index in [2.05, 4.69) is 27.2 Å². The number of hydrogen-bond acceptors (Lipinski definition) is 7. The Bertz CT molecular complexity index is 772. The van der Waals surface area contributed by atoms with E-state index in [1.165, 1.54) is 4.88 Å². The maximum Gasteiger partial charge on any atom is 0.224 e. The highest BCUT2D eigenvalue weighted by Gasteiger charge is 2.28. The van der Waals surface area contributed by atoms with Gasteiger partial charge >= 0.3 is 0 Å². The van der Waals surface area contributed by atoms with Crippen LogP contribution in [0.3, 0.4) is 0 Å². The molecule has 3 rings (SSSR count). The van der Waals surface area contributed by atoms with Crippen molar-refractivity contribution in [2.45, 2.75) is 39.5 Å². The third kappa shape index (κ3) is 4.37. The fourth-order valence-electron chi connectivity index (χ4n) is 3.08. The van der Waals surface area contributed by atoms with Crippen LogP contribution >= 0.6 is 11.3 Å². The highest BCUT2D eigenvalue weighted by Crippen LogP contribution is 2.29. The Kier molecular flexibility index (Phi) is 5.83. The Balaban J connectivity index is 1.71. The molecule has 26 heavy (non-hydrogen) atoms. The van der Waals surface area contributed by atoms with Crippen molar-refractivity contribution in [3.63, 3.8) is 0 Å². The van der Waals surface area contributed by atoms with Crippen LogP contribution in [0.5, 0.6) is 0 Å². The van der Waals surface area contributed by atoms with Crippen molar-refractivity contribution in [2.75, 3.05) is 32.1 Å². The van der Waals surface area contributed by atoms with Crippen LogP contribution in [0.4, 0.5) is 10.9 Å². The number of carbonyl (C=O) groups excluding carboxylic acids is 1. The van der Waals surface area contributed by atoms with Gasteiger partial charge in [0, 0.05) is 37.1 Å². The molecule has 1 fully saturated rings. The average molecular weight is 375 g/mol. The van der Waals surface area contributed by atoms with E-state index in [1.54, 1.807) is 18.4 Å². The molecule has 1 amide bonds. The predicted octanol–water partition coefficient (Wildman–Crippen LogP) is 2.95. The van der Waals surface area contributed by atoms with Crippen LogP contribution in [0.15, 0.2) is 6.07 Å². The molecule has 2 aromatic rings. The molecule has 1 N–H and O–H groups in total. The zero-order valence-electron chi connectivity index (χ0n) is 15.7. The first-order chi connectivity index (χ1) is 12.5. The smallest absolute Gasteiger partial charge is 0.224 e. The number of hydrogen-bond donors (Lipinski definition) is 1. The van der Waals surface area contributed by atoms with Crippen LogP contribution in [0.25, 0.3) is 0 Å². The van der Waals surface area contributed by atoms with Crippen molar-refractivity contribution in [3.8, 4) is 0 Å². The summed E-state index contributed by atoms with van der Waals surface area (Å²) in [7, 11) is 1.61. The second-order valence-electron chi connectivity index (χ2n) is 6.58. The summed E-state index contributed by atoms with van der Waals surface area (Å²) in [6.45, 7) is 7.89. The van der Waals surface area contributed by atoms with Crippen LogP contribution < -0.4 is 5.32 Å². The Labute approximate surface area is 157 Å². The summed E-state index contributed by atoms with van der Waals surface area (Å²) in [6.07, 6.45) is 1.35. The highest BCUT2D eigenvalue weighted by atomic mass is 32.1. The van der Waals surface area contributed by atoms with Gasteiger partial charge < -0.3 is 15.0 Å². The van der Waals surface area contributed by atoms with Gasteiger partial charge in [-0.1, -0.05) is 0 Å². The maximum atomic E-state index is 12.2. The Morgan fingerprint density at radius 1 is 1.35 bits per heavy atom. The van der Waals surface area contributed by atoms with Crippen LogP contribution in [-0.4, -0.2) is 52.6 Å². The number of anilines is 2. The molecule has 2 aromatic heterocycles. The predicted molar refractivity (Wildman–Crippen MR) is 102 cm³/mol. The van der Waals surface area contributed by atoms with Crippen molar-refractivity contribution in [1.29, 1.82) is 0 Å². The van der Waals surface area contributed by atoms with Gasteiger partial charge in [-0.25, -0.2) is 15.0 Å². The minimum Gasteiger partial charge on any atom is -0.384 e. The first-order valence-corrected chi connectivity index (χ1v) is 9.61. The maximum absolute atomic E-state index is 12.2. The van der Waals surface area contributed by atoms with E-state index in [0.717, 1.165) is 41.1 Å². The third-order valence-electron chi connectivity index (χ3n) is 4.60. The van der Waals surface area contributed by atoms with Gasteiger partial charge in [0.05, 0.1) is 24.4 Å². The number of methoxy groups -OCH3 is 1. The average Bonchev–Trinajstić information content (AvgIpc) is 3.19. The topological polar surface area (TPSA) is 80.2 Å². The number of aryl methyl sites for hydroxylation is 3. The van der Waals surface area contributed by atoms with E-state index in [9.17, 15) is 4.79 Å². The molecule has 0 radical (unpaired) electrons. The van der Waals surface area contributed by atoms with E-state index in [1.807, 2.05) is 24.8 Å². The van der Waals surface area contributed by atoms with Gasteiger partial charge in [-0.15, -0.1) is 11.3 Å². The molecule has 1 aliphatic heterocycles. The lowest BCUT2D eigenvalue weighted by molar-refractivity contribution is -0.131. The van der Waals surface area contributed by atoms with Crippen LogP contribution in [-0.2, 0) is 9.53 Å². The molecule has 0 saturated carbocycles. The van der Waals surface area contributed by atoms with Gasteiger partial charge in [-0.3, -0.25) is 4.79 Å². The summed E-state index contributed by atoms with van der Waals surface area (Å²) >= 11 is 1.62. The van der Waals surface area contributed by atoms with Crippen molar-refractivity contribution in [3.05, 3.63) is 28.2 Å². The molecule has 0 spiro atoms. The lowest BCUT2D eigenvalue weighted by atomic mass is 10.0. The highest BCUT2D eigenvalue weighted by molar-refractivity contribution is 7.15. The molecule has 3 heterocycles. The van der Waals surface area contributed by atoms with E-state index in [-0.39, 0.29) is 11.8 Å². The van der Waals surface area contributed by atoms with Crippen molar-refractivity contribution >= 4 is 28.2 Å². The molecule has 0 aromatic carbocycles. The SMILES string of the molecule is COCCC(=O)N1CC[C@H](c2cc(Nc3nc(C)c(C)s3)nc(C)n2)C1. The molecule has 0 bridgehead atoms. The van der Waals surface area contributed by atoms with Gasteiger partial charge in [-0.05, 0) is 27.2 Å². The fourth-order valence-corrected chi connectivity index (χ4v) is 3.90. The minimum atomic E-state index is 0.146. The fraction of sp³-hybridized carbons (Fsp3) is 0.556. The molecule has 8 heteroatoms. The minimum absolute atomic E-state index is 0.146. The molecule has 7 nitrogen and oxygen atoms in total. The number of rotatable bonds is 6. The molecule has 0 aliphatic carbocycles. The molecule has 1 aliphatic rings. The summed E-state index contributed by atoms with van der Waals surface area (Å²) in [5, 5.41) is 4.13. The number of likely N-dealkylation sites (tertiary alicyclic amines) is 1. The molecular weight excluding hydrogens is 350 g/mol. The first-order valence-electron chi connectivity index (χ1n) is 8.79. The number of ether oxygens (including phenoxy) is 1. The largest absolute Gasteiger partial charge is 0.384 e. The number of aromatic nitrogens is 3.